The van der Waals surface area contributed by atoms with Gasteiger partial charge in [-0.2, -0.15) is 0 Å². The Morgan fingerprint density at radius 2 is 2.17 bits per heavy atom. The average Bonchev–Trinajstić information content (AvgIpc) is 2.66. The van der Waals surface area contributed by atoms with Gasteiger partial charge in [-0.05, 0) is 6.07 Å². The fourth-order valence-electron chi connectivity index (χ4n) is 1.70. The molecule has 5 nitrogen and oxygen atoms in total. The molecule has 1 aromatic rings. The Bertz CT molecular complexity index is 456. The highest BCUT2D eigenvalue weighted by molar-refractivity contribution is 6.31. The van der Waals surface area contributed by atoms with Gasteiger partial charge in [-0.15, -0.1) is 0 Å². The van der Waals surface area contributed by atoms with Gasteiger partial charge in [0.05, 0.1) is 18.1 Å². The highest BCUT2D eigenvalue weighted by Crippen LogP contribution is 2.15. The van der Waals surface area contributed by atoms with Gasteiger partial charge in [-0.25, -0.2) is 0 Å². The lowest BCUT2D eigenvalue weighted by atomic mass is 10.1. The Balaban J connectivity index is 2.73. The molecule has 0 aliphatic rings. The summed E-state index contributed by atoms with van der Waals surface area (Å²) >= 11 is 5.83. The van der Waals surface area contributed by atoms with Crippen molar-refractivity contribution in [2.75, 3.05) is 20.7 Å². The van der Waals surface area contributed by atoms with Crippen molar-refractivity contribution in [3.8, 4) is 0 Å². The second-order valence-corrected chi connectivity index (χ2v) is 4.70. The molecule has 0 saturated carbocycles. The Hall–Kier alpha value is -1.49. The molecule has 0 spiro atoms. The largest absolute Gasteiger partial charge is 0.469 e. The van der Waals surface area contributed by atoms with E-state index in [4.69, 9.17) is 11.6 Å². The molecule has 0 fully saturated rings. The molecule has 0 radical (unpaired) electrons. The van der Waals surface area contributed by atoms with Crippen molar-refractivity contribution in [3.05, 3.63) is 23.0 Å². The number of amides is 1. The fourth-order valence-corrected chi connectivity index (χ4v) is 1.95. The molecule has 0 aliphatic heterocycles. The predicted molar refractivity (Wildman–Crippen MR) is 68.6 cm³/mol. The van der Waals surface area contributed by atoms with E-state index in [-0.39, 0.29) is 17.8 Å². The fraction of sp³-hybridized carbons (Fsp3) is 0.500. The average molecular weight is 273 g/mol. The van der Waals surface area contributed by atoms with Gasteiger partial charge in [0.25, 0.3) is 5.91 Å². The maximum Gasteiger partial charge on any atom is 0.310 e. The van der Waals surface area contributed by atoms with Crippen LogP contribution in [0.3, 0.4) is 0 Å². The van der Waals surface area contributed by atoms with Gasteiger partial charge in [0.15, 0.2) is 0 Å². The zero-order chi connectivity index (χ0) is 13.9. The summed E-state index contributed by atoms with van der Waals surface area (Å²) in [6.45, 7) is 2.02. The molecule has 1 unspecified atom stereocenters. The third-order valence-corrected chi connectivity index (χ3v) is 2.90. The molecule has 6 heteroatoms. The van der Waals surface area contributed by atoms with Crippen LogP contribution in [0, 0.1) is 5.92 Å². The third-order valence-electron chi connectivity index (χ3n) is 2.69. The number of aromatic nitrogens is 1. The molecular weight excluding hydrogens is 256 g/mol. The van der Waals surface area contributed by atoms with Gasteiger partial charge in [0, 0.05) is 26.8 Å². The monoisotopic (exact) mass is 272 g/mol. The number of halogens is 1. The Morgan fingerprint density at radius 1 is 1.56 bits per heavy atom. The summed E-state index contributed by atoms with van der Waals surface area (Å²) in [5.41, 5.74) is 0.486. The van der Waals surface area contributed by atoms with Gasteiger partial charge in [0.2, 0.25) is 0 Å². The van der Waals surface area contributed by atoms with Crippen LogP contribution in [0.2, 0.25) is 5.02 Å². The quantitative estimate of drug-likeness (QED) is 0.782. The summed E-state index contributed by atoms with van der Waals surface area (Å²) in [5.74, 6) is -0.876. The Labute approximate surface area is 111 Å². The molecule has 0 aliphatic carbocycles. The minimum atomic E-state index is -0.361. The van der Waals surface area contributed by atoms with Crippen LogP contribution in [0.15, 0.2) is 12.3 Å². The maximum absolute atomic E-state index is 12.1. The summed E-state index contributed by atoms with van der Waals surface area (Å²) in [6, 6.07) is 1.60. The SMILES string of the molecule is COC(=O)C(C)CN(C)C(=O)c1cc(Cl)cn1C. The number of aryl methyl sites for hydroxylation is 1. The number of ether oxygens (including phenoxy) is 1. The van der Waals surface area contributed by atoms with Gasteiger partial charge >= 0.3 is 5.97 Å². The molecule has 0 aromatic carbocycles. The van der Waals surface area contributed by atoms with E-state index >= 15 is 0 Å². The normalized spacial score (nSPS) is 12.1. The van der Waals surface area contributed by atoms with E-state index in [0.717, 1.165) is 0 Å². The molecule has 1 amide bonds. The van der Waals surface area contributed by atoms with Gasteiger partial charge in [-0.1, -0.05) is 18.5 Å². The molecule has 1 aromatic heterocycles. The van der Waals surface area contributed by atoms with Crippen LogP contribution in [-0.4, -0.2) is 42.0 Å². The zero-order valence-corrected chi connectivity index (χ0v) is 11.7. The van der Waals surface area contributed by atoms with Crippen LogP contribution in [0.4, 0.5) is 0 Å². The first-order valence-electron chi connectivity index (χ1n) is 5.52. The lowest BCUT2D eigenvalue weighted by Crippen LogP contribution is -2.35. The van der Waals surface area contributed by atoms with Crippen LogP contribution < -0.4 is 0 Å². The number of nitrogens with zero attached hydrogens (tertiary/aromatic N) is 2. The Kier molecular flexibility index (Phi) is 4.78. The van der Waals surface area contributed by atoms with Crippen LogP contribution in [0.5, 0.6) is 0 Å². The second-order valence-electron chi connectivity index (χ2n) is 4.26. The number of hydrogen-bond acceptors (Lipinski definition) is 3. The van der Waals surface area contributed by atoms with Crippen LogP contribution in [0.1, 0.15) is 17.4 Å². The van der Waals surface area contributed by atoms with Gasteiger partial charge in [-0.3, -0.25) is 9.59 Å². The van der Waals surface area contributed by atoms with E-state index in [0.29, 0.717) is 17.3 Å². The van der Waals surface area contributed by atoms with E-state index in [1.54, 1.807) is 37.8 Å². The lowest BCUT2D eigenvalue weighted by Gasteiger charge is -2.20. The van der Waals surface area contributed by atoms with Crippen molar-refractivity contribution >= 4 is 23.5 Å². The van der Waals surface area contributed by atoms with Crippen molar-refractivity contribution in [2.24, 2.45) is 13.0 Å². The molecule has 18 heavy (non-hydrogen) atoms. The van der Waals surface area contributed by atoms with E-state index in [1.807, 2.05) is 0 Å². The maximum atomic E-state index is 12.1. The summed E-state index contributed by atoms with van der Waals surface area (Å²) in [4.78, 5) is 24.9. The topological polar surface area (TPSA) is 51.5 Å². The number of rotatable bonds is 4. The number of hydrogen-bond donors (Lipinski definition) is 0. The summed E-state index contributed by atoms with van der Waals surface area (Å²) < 4.78 is 6.28. The Morgan fingerprint density at radius 3 is 2.61 bits per heavy atom. The van der Waals surface area contributed by atoms with Crippen molar-refractivity contribution in [1.29, 1.82) is 0 Å². The molecule has 1 heterocycles. The highest BCUT2D eigenvalue weighted by Gasteiger charge is 2.21. The third kappa shape index (κ3) is 3.26. The standard InChI is InChI=1S/C12H17ClN2O3/c1-8(12(17)18-4)6-15(3)11(16)10-5-9(13)7-14(10)2/h5,7-8H,6H2,1-4H3. The predicted octanol–water partition coefficient (Wildman–Crippen LogP) is 1.56. The lowest BCUT2D eigenvalue weighted by molar-refractivity contribution is -0.145. The second kappa shape index (κ2) is 5.91. The summed E-state index contributed by atoms with van der Waals surface area (Å²) in [6.07, 6.45) is 1.66. The first-order valence-corrected chi connectivity index (χ1v) is 5.89. The van der Waals surface area contributed by atoms with Crippen molar-refractivity contribution < 1.29 is 14.3 Å². The van der Waals surface area contributed by atoms with E-state index < -0.39 is 0 Å². The molecule has 1 rings (SSSR count). The summed E-state index contributed by atoms with van der Waals surface area (Å²) in [7, 11) is 4.72. The minimum absolute atomic E-state index is 0.180. The minimum Gasteiger partial charge on any atom is -0.469 e. The summed E-state index contributed by atoms with van der Waals surface area (Å²) in [5, 5.41) is 0.510. The van der Waals surface area contributed by atoms with E-state index in [9.17, 15) is 9.59 Å². The molecule has 0 N–H and O–H groups in total. The van der Waals surface area contributed by atoms with Crippen molar-refractivity contribution in [2.45, 2.75) is 6.92 Å². The van der Waals surface area contributed by atoms with E-state index in [2.05, 4.69) is 4.74 Å². The first kappa shape index (κ1) is 14.6. The number of methoxy groups -OCH3 is 1. The van der Waals surface area contributed by atoms with Crippen molar-refractivity contribution in [3.63, 3.8) is 0 Å². The molecular formula is C12H17ClN2O3. The number of esters is 1. The molecule has 1 atom stereocenters. The van der Waals surface area contributed by atoms with E-state index in [1.165, 1.54) is 12.0 Å². The molecule has 0 saturated heterocycles. The first-order chi connectivity index (χ1) is 8.36. The highest BCUT2D eigenvalue weighted by atomic mass is 35.5. The molecule has 100 valence electrons. The van der Waals surface area contributed by atoms with Crippen LogP contribution in [0.25, 0.3) is 0 Å². The molecule has 0 bridgehead atoms. The van der Waals surface area contributed by atoms with Crippen molar-refractivity contribution in [1.82, 2.24) is 9.47 Å². The smallest absolute Gasteiger partial charge is 0.310 e. The zero-order valence-electron chi connectivity index (χ0n) is 10.9. The van der Waals surface area contributed by atoms with Crippen LogP contribution >= 0.6 is 11.6 Å². The van der Waals surface area contributed by atoms with Gasteiger partial charge in [0.1, 0.15) is 5.69 Å². The number of carbonyl (C=O) groups excluding carboxylic acids is 2. The number of carbonyl (C=O) groups is 2. The van der Waals surface area contributed by atoms with Gasteiger partial charge < -0.3 is 14.2 Å². The van der Waals surface area contributed by atoms with Crippen LogP contribution in [-0.2, 0) is 16.6 Å².